The summed E-state index contributed by atoms with van der Waals surface area (Å²) in [5, 5.41) is 2.95. The third-order valence-electron chi connectivity index (χ3n) is 6.84. The number of nitrogens with zero attached hydrogens (tertiary/aromatic N) is 2. The van der Waals surface area contributed by atoms with Crippen LogP contribution in [0.3, 0.4) is 0 Å². The molecule has 2 aromatic rings. The molecule has 1 atom stereocenters. The molecular weight excluding hydrogens is 452 g/mol. The van der Waals surface area contributed by atoms with Crippen molar-refractivity contribution in [1.29, 1.82) is 0 Å². The van der Waals surface area contributed by atoms with E-state index in [-0.39, 0.29) is 28.9 Å². The summed E-state index contributed by atoms with van der Waals surface area (Å²) in [7, 11) is -3.82. The van der Waals surface area contributed by atoms with Gasteiger partial charge in [-0.1, -0.05) is 13.0 Å². The van der Waals surface area contributed by atoms with Crippen molar-refractivity contribution < 1.29 is 18.0 Å². The van der Waals surface area contributed by atoms with E-state index in [1.807, 2.05) is 32.0 Å². The molecule has 4 rings (SSSR count). The second kappa shape index (κ2) is 9.92. The molecule has 2 aliphatic heterocycles. The molecule has 2 fully saturated rings. The predicted molar refractivity (Wildman–Crippen MR) is 131 cm³/mol. The number of nitrogens with one attached hydrogen (secondary N) is 2. The summed E-state index contributed by atoms with van der Waals surface area (Å²) in [5.41, 5.74) is 3.12. The fraction of sp³-hybridized carbons (Fsp3) is 0.520. The average molecular weight is 487 g/mol. The Labute approximate surface area is 201 Å². The van der Waals surface area contributed by atoms with Gasteiger partial charge in [0.1, 0.15) is 10.6 Å². The second-order valence-corrected chi connectivity index (χ2v) is 11.7. The largest absolute Gasteiger partial charge is 0.356 e. The second-order valence-electron chi connectivity index (χ2n) is 9.79. The first-order valence-electron chi connectivity index (χ1n) is 12.0. The highest BCUT2D eigenvalue weighted by atomic mass is 32.2. The Hall–Kier alpha value is -2.65. The molecule has 1 aromatic carbocycles. The number of hydrogen-bond donors (Lipinski definition) is 2. The van der Waals surface area contributed by atoms with Crippen LogP contribution >= 0.6 is 0 Å². The lowest BCUT2D eigenvalue weighted by molar-refractivity contribution is -0.120. The number of rotatable bonds is 5. The number of carbonyl (C=O) groups is 2. The Balaban J connectivity index is 1.43. The minimum Gasteiger partial charge on any atom is -0.356 e. The first-order chi connectivity index (χ1) is 16.1. The molecular formula is C25H34N4O4S. The Morgan fingerprint density at radius 1 is 1.00 bits per heavy atom. The van der Waals surface area contributed by atoms with Gasteiger partial charge in [0, 0.05) is 38.1 Å². The number of aryl methyl sites for hydroxylation is 2. The van der Waals surface area contributed by atoms with Crippen LogP contribution in [0.25, 0.3) is 0 Å². The zero-order valence-corrected chi connectivity index (χ0v) is 21.0. The van der Waals surface area contributed by atoms with E-state index >= 15 is 0 Å². The molecule has 0 bridgehead atoms. The summed E-state index contributed by atoms with van der Waals surface area (Å²) in [5.74, 6) is -0.172. The van der Waals surface area contributed by atoms with Gasteiger partial charge in [0.2, 0.25) is 15.9 Å². The zero-order chi connectivity index (χ0) is 24.5. The predicted octanol–water partition coefficient (Wildman–Crippen LogP) is 3.54. The van der Waals surface area contributed by atoms with Gasteiger partial charge < -0.3 is 15.2 Å². The molecule has 9 heteroatoms. The molecule has 184 valence electrons. The Bertz CT molecular complexity index is 1150. The minimum atomic E-state index is -3.82. The quantitative estimate of drug-likeness (QED) is 0.675. The van der Waals surface area contributed by atoms with Crippen molar-refractivity contribution in [3.05, 3.63) is 47.3 Å². The molecule has 0 radical (unpaired) electrons. The lowest BCUT2D eigenvalue weighted by atomic mass is 9.98. The molecule has 2 aliphatic rings. The molecule has 0 spiro atoms. The number of sulfonamides is 1. The van der Waals surface area contributed by atoms with Crippen molar-refractivity contribution in [2.45, 2.75) is 51.3 Å². The molecule has 2 amide bonds. The summed E-state index contributed by atoms with van der Waals surface area (Å²) in [6, 6.07) is 7.27. The maximum atomic E-state index is 13.3. The Morgan fingerprint density at radius 2 is 1.68 bits per heavy atom. The van der Waals surface area contributed by atoms with Crippen molar-refractivity contribution in [3.8, 4) is 0 Å². The van der Waals surface area contributed by atoms with Crippen LogP contribution in [0.5, 0.6) is 0 Å². The van der Waals surface area contributed by atoms with E-state index in [4.69, 9.17) is 0 Å². The van der Waals surface area contributed by atoms with E-state index in [2.05, 4.69) is 17.2 Å². The standard InChI is InChI=1S/C25H34N4O4S/c1-17-6-9-28(10-7-17)25(31)23-14-22(15-26-23)34(32,33)29-8-4-5-20(16-29)24(30)27-21-12-18(2)11-19(3)13-21/h11-15,17,20,26H,4-10,16H2,1-3H3,(H,27,30). The van der Waals surface area contributed by atoms with Crippen LogP contribution in [-0.2, 0) is 14.8 Å². The van der Waals surface area contributed by atoms with Gasteiger partial charge in [-0.3, -0.25) is 9.59 Å². The summed E-state index contributed by atoms with van der Waals surface area (Å²) < 4.78 is 28.0. The number of aromatic nitrogens is 1. The highest BCUT2D eigenvalue weighted by Gasteiger charge is 2.34. The molecule has 0 aliphatic carbocycles. The number of hydrogen-bond acceptors (Lipinski definition) is 4. The van der Waals surface area contributed by atoms with Crippen LogP contribution in [0.2, 0.25) is 0 Å². The van der Waals surface area contributed by atoms with E-state index in [1.54, 1.807) is 4.90 Å². The lowest BCUT2D eigenvalue weighted by Gasteiger charge is -2.31. The number of carbonyl (C=O) groups excluding carboxylic acids is 2. The Morgan fingerprint density at radius 3 is 2.35 bits per heavy atom. The fourth-order valence-electron chi connectivity index (χ4n) is 4.84. The Kier molecular flexibility index (Phi) is 7.14. The maximum absolute atomic E-state index is 13.3. The van der Waals surface area contributed by atoms with Gasteiger partial charge in [-0.05, 0) is 74.8 Å². The van der Waals surface area contributed by atoms with E-state index in [0.717, 1.165) is 29.7 Å². The smallest absolute Gasteiger partial charge is 0.270 e. The summed E-state index contributed by atoms with van der Waals surface area (Å²) >= 11 is 0. The molecule has 2 N–H and O–H groups in total. The topological polar surface area (TPSA) is 103 Å². The van der Waals surface area contributed by atoms with E-state index in [1.165, 1.54) is 16.6 Å². The third-order valence-corrected chi connectivity index (χ3v) is 8.68. The third kappa shape index (κ3) is 5.36. The minimum absolute atomic E-state index is 0.0663. The van der Waals surface area contributed by atoms with Crippen LogP contribution in [0.1, 0.15) is 54.2 Å². The normalized spacial score (nSPS) is 20.3. The molecule has 8 nitrogen and oxygen atoms in total. The first kappa shape index (κ1) is 24.5. The number of aromatic amines is 1. The van der Waals surface area contributed by atoms with Crippen LogP contribution in [0.15, 0.2) is 35.4 Å². The summed E-state index contributed by atoms with van der Waals surface area (Å²) in [6.07, 6.45) is 4.53. The highest BCUT2D eigenvalue weighted by molar-refractivity contribution is 7.89. The zero-order valence-electron chi connectivity index (χ0n) is 20.1. The van der Waals surface area contributed by atoms with Crippen molar-refractivity contribution in [2.24, 2.45) is 11.8 Å². The van der Waals surface area contributed by atoms with Crippen molar-refractivity contribution in [1.82, 2.24) is 14.2 Å². The monoisotopic (exact) mass is 486 g/mol. The molecule has 1 aromatic heterocycles. The molecule has 1 unspecified atom stereocenters. The number of H-pyrrole nitrogens is 1. The van der Waals surface area contributed by atoms with Crippen LogP contribution in [0.4, 0.5) is 5.69 Å². The van der Waals surface area contributed by atoms with Crippen molar-refractivity contribution in [3.63, 3.8) is 0 Å². The van der Waals surface area contributed by atoms with E-state index < -0.39 is 15.9 Å². The number of anilines is 1. The molecule has 0 saturated carbocycles. The van der Waals surface area contributed by atoms with Gasteiger partial charge >= 0.3 is 0 Å². The number of piperidine rings is 2. The number of benzene rings is 1. The molecule has 2 saturated heterocycles. The van der Waals surface area contributed by atoms with E-state index in [9.17, 15) is 18.0 Å². The van der Waals surface area contributed by atoms with Gasteiger partial charge in [0.05, 0.1) is 5.92 Å². The average Bonchev–Trinajstić information content (AvgIpc) is 3.30. The number of likely N-dealkylation sites (tertiary alicyclic amines) is 1. The summed E-state index contributed by atoms with van der Waals surface area (Å²) in [6.45, 7) is 7.97. The van der Waals surface area contributed by atoms with Crippen LogP contribution in [-0.4, -0.2) is 60.6 Å². The van der Waals surface area contributed by atoms with Gasteiger partial charge in [0.15, 0.2) is 0 Å². The van der Waals surface area contributed by atoms with Crippen LogP contribution < -0.4 is 5.32 Å². The SMILES string of the molecule is Cc1cc(C)cc(NC(=O)C2CCCN(S(=O)(=O)c3c[nH]c(C(=O)N4CCC(C)CC4)c3)C2)c1. The fourth-order valence-corrected chi connectivity index (χ4v) is 6.36. The highest BCUT2D eigenvalue weighted by Crippen LogP contribution is 2.26. The number of amides is 2. The van der Waals surface area contributed by atoms with Crippen LogP contribution in [0, 0.1) is 25.7 Å². The summed E-state index contributed by atoms with van der Waals surface area (Å²) in [4.78, 5) is 30.4. The molecule has 34 heavy (non-hydrogen) atoms. The molecule has 3 heterocycles. The van der Waals surface area contributed by atoms with Gasteiger partial charge in [-0.25, -0.2) is 8.42 Å². The van der Waals surface area contributed by atoms with Gasteiger partial charge in [0.25, 0.3) is 5.91 Å². The lowest BCUT2D eigenvalue weighted by Crippen LogP contribution is -2.43. The maximum Gasteiger partial charge on any atom is 0.270 e. The van der Waals surface area contributed by atoms with Crippen molar-refractivity contribution >= 4 is 27.5 Å². The first-order valence-corrected chi connectivity index (χ1v) is 13.4. The van der Waals surface area contributed by atoms with Crippen molar-refractivity contribution in [2.75, 3.05) is 31.5 Å². The van der Waals surface area contributed by atoms with Gasteiger partial charge in [-0.2, -0.15) is 4.31 Å². The van der Waals surface area contributed by atoms with E-state index in [0.29, 0.717) is 38.4 Å². The van der Waals surface area contributed by atoms with Gasteiger partial charge in [-0.15, -0.1) is 0 Å².